The van der Waals surface area contributed by atoms with Crippen molar-refractivity contribution in [2.45, 2.75) is 38.3 Å². The second-order valence-electron chi connectivity index (χ2n) is 8.83. The third-order valence-corrected chi connectivity index (χ3v) is 7.41. The first-order valence-electron chi connectivity index (χ1n) is 12.0. The molecule has 0 saturated heterocycles. The Hall–Kier alpha value is -3.91. The molecule has 5 aromatic rings. The molecule has 2 aromatic heterocycles. The quantitative estimate of drug-likeness (QED) is 0.297. The number of carbonyl (C=O) groups is 1. The van der Waals surface area contributed by atoms with Crippen LogP contribution in [0.25, 0.3) is 22.4 Å². The van der Waals surface area contributed by atoms with Crippen LogP contribution in [0, 0.1) is 6.92 Å². The number of thioether (sulfide) groups is 1. The Morgan fingerprint density at radius 1 is 1.00 bits per heavy atom. The molecule has 36 heavy (non-hydrogen) atoms. The van der Waals surface area contributed by atoms with Gasteiger partial charge in [-0.3, -0.25) is 14.0 Å². The van der Waals surface area contributed by atoms with Gasteiger partial charge in [-0.15, -0.1) is 10.2 Å². The summed E-state index contributed by atoms with van der Waals surface area (Å²) >= 11 is 1.29. The van der Waals surface area contributed by atoms with E-state index in [1.165, 1.54) is 17.3 Å². The third kappa shape index (κ3) is 4.40. The zero-order valence-electron chi connectivity index (χ0n) is 20.4. The van der Waals surface area contributed by atoms with E-state index >= 15 is 0 Å². The van der Waals surface area contributed by atoms with Crippen LogP contribution >= 0.6 is 11.8 Å². The van der Waals surface area contributed by atoms with Crippen molar-refractivity contribution in [2.24, 2.45) is 0 Å². The van der Waals surface area contributed by atoms with E-state index in [4.69, 9.17) is 0 Å². The average Bonchev–Trinajstić information content (AvgIpc) is 3.32. The lowest BCUT2D eigenvalue weighted by atomic mass is 9.98. The van der Waals surface area contributed by atoms with E-state index in [-0.39, 0.29) is 17.2 Å². The van der Waals surface area contributed by atoms with Crippen LogP contribution in [0.2, 0.25) is 0 Å². The van der Waals surface area contributed by atoms with E-state index in [1.54, 1.807) is 10.6 Å². The smallest absolute Gasteiger partial charge is 0.267 e. The molecule has 2 heterocycles. The lowest BCUT2D eigenvalue weighted by Crippen LogP contribution is -2.22. The van der Waals surface area contributed by atoms with Gasteiger partial charge in [0.15, 0.2) is 5.16 Å². The van der Waals surface area contributed by atoms with Crippen molar-refractivity contribution in [3.8, 4) is 5.69 Å². The molecule has 1 N–H and O–H groups in total. The van der Waals surface area contributed by atoms with Gasteiger partial charge in [-0.2, -0.15) is 0 Å². The third-order valence-electron chi connectivity index (χ3n) is 6.48. The van der Waals surface area contributed by atoms with Gasteiger partial charge in [-0.25, -0.2) is 4.57 Å². The summed E-state index contributed by atoms with van der Waals surface area (Å²) in [5, 5.41) is 12.8. The second-order valence-corrected chi connectivity index (χ2v) is 9.77. The fraction of sp³-hybridized carbons (Fsp3) is 0.214. The normalized spacial score (nSPS) is 12.2. The van der Waals surface area contributed by atoms with Crippen LogP contribution in [0.3, 0.4) is 0 Å². The molecule has 0 aliphatic rings. The molecule has 3 aromatic carbocycles. The lowest BCUT2D eigenvalue weighted by Gasteiger charge is -2.13. The van der Waals surface area contributed by atoms with Crippen molar-refractivity contribution < 1.29 is 4.79 Å². The topological polar surface area (TPSA) is 81.3 Å². The summed E-state index contributed by atoms with van der Waals surface area (Å²) in [6.45, 7) is 6.30. The van der Waals surface area contributed by atoms with E-state index in [0.29, 0.717) is 27.8 Å². The Morgan fingerprint density at radius 2 is 1.72 bits per heavy atom. The van der Waals surface area contributed by atoms with Crippen molar-refractivity contribution in [2.75, 3.05) is 11.1 Å². The molecule has 182 valence electrons. The Morgan fingerprint density at radius 3 is 2.47 bits per heavy atom. The highest BCUT2D eigenvalue weighted by Gasteiger charge is 2.19. The zero-order chi connectivity index (χ0) is 25.2. The van der Waals surface area contributed by atoms with Gasteiger partial charge < -0.3 is 5.32 Å². The molecule has 0 fully saturated rings. The summed E-state index contributed by atoms with van der Waals surface area (Å²) < 4.78 is 3.44. The number of fused-ring (bicyclic) bond motifs is 3. The largest absolute Gasteiger partial charge is 0.325 e. The molecule has 0 unspecified atom stereocenters. The monoisotopic (exact) mass is 497 g/mol. The van der Waals surface area contributed by atoms with E-state index < -0.39 is 0 Å². The predicted octanol–water partition coefficient (Wildman–Crippen LogP) is 5.59. The van der Waals surface area contributed by atoms with Gasteiger partial charge >= 0.3 is 0 Å². The highest BCUT2D eigenvalue weighted by atomic mass is 32.2. The molecule has 1 atom stereocenters. The van der Waals surface area contributed by atoms with Crippen molar-refractivity contribution in [3.63, 3.8) is 0 Å². The summed E-state index contributed by atoms with van der Waals surface area (Å²) in [5.74, 6) is 0.877. The highest BCUT2D eigenvalue weighted by Crippen LogP contribution is 2.25. The molecular weight excluding hydrogens is 470 g/mol. The number of rotatable bonds is 7. The maximum Gasteiger partial charge on any atom is 0.267 e. The Balaban J connectivity index is 1.54. The van der Waals surface area contributed by atoms with E-state index in [1.807, 2.05) is 65.9 Å². The van der Waals surface area contributed by atoms with Crippen molar-refractivity contribution in [3.05, 3.63) is 94.3 Å². The number of amides is 1. The molecule has 0 radical (unpaired) electrons. The number of anilines is 1. The fourth-order valence-electron chi connectivity index (χ4n) is 4.22. The standard InChI is InChI=1S/C28H27N5O2S/c1-4-18(2)20-13-15-21(16-14-20)32-26(35)22-10-6-8-12-24(22)33-27(32)30-31-28(33)36-17-25(34)29-23-11-7-5-9-19(23)3/h5-16,18H,4,17H2,1-3H3,(H,29,34)/t18-/m0/s1. The molecule has 7 nitrogen and oxygen atoms in total. The zero-order valence-corrected chi connectivity index (χ0v) is 21.2. The molecule has 0 aliphatic carbocycles. The first kappa shape index (κ1) is 23.8. The van der Waals surface area contributed by atoms with Gasteiger partial charge in [0.05, 0.1) is 22.3 Å². The number of hydrogen-bond donors (Lipinski definition) is 1. The number of carbonyl (C=O) groups excluding carboxylic acids is 1. The first-order valence-corrected chi connectivity index (χ1v) is 12.9. The van der Waals surface area contributed by atoms with Crippen LogP contribution in [0.1, 0.15) is 37.3 Å². The van der Waals surface area contributed by atoms with Crippen LogP contribution in [0.4, 0.5) is 5.69 Å². The summed E-state index contributed by atoms with van der Waals surface area (Å²) in [6, 6.07) is 23.1. The van der Waals surface area contributed by atoms with Crippen molar-refractivity contribution in [1.82, 2.24) is 19.2 Å². The van der Waals surface area contributed by atoms with Crippen LogP contribution in [0.5, 0.6) is 0 Å². The summed E-state index contributed by atoms with van der Waals surface area (Å²) in [7, 11) is 0. The highest BCUT2D eigenvalue weighted by molar-refractivity contribution is 7.99. The van der Waals surface area contributed by atoms with Crippen molar-refractivity contribution >= 4 is 40.0 Å². The number of aromatic nitrogens is 4. The second kappa shape index (κ2) is 9.99. The van der Waals surface area contributed by atoms with Crippen LogP contribution in [-0.2, 0) is 4.79 Å². The van der Waals surface area contributed by atoms with Gasteiger partial charge in [0.1, 0.15) is 0 Å². The molecule has 5 rings (SSSR count). The average molecular weight is 498 g/mol. The molecule has 0 aliphatic heterocycles. The van der Waals surface area contributed by atoms with E-state index in [0.717, 1.165) is 23.4 Å². The molecule has 0 spiro atoms. The van der Waals surface area contributed by atoms with Crippen LogP contribution in [0.15, 0.2) is 82.7 Å². The van der Waals surface area contributed by atoms with Gasteiger partial charge in [0.25, 0.3) is 5.56 Å². The lowest BCUT2D eigenvalue weighted by molar-refractivity contribution is -0.113. The van der Waals surface area contributed by atoms with E-state index in [2.05, 4.69) is 41.5 Å². The number of aryl methyl sites for hydroxylation is 1. The van der Waals surface area contributed by atoms with Crippen LogP contribution in [-0.4, -0.2) is 30.8 Å². The summed E-state index contributed by atoms with van der Waals surface area (Å²) in [5.41, 5.74) is 4.28. The van der Waals surface area contributed by atoms with E-state index in [9.17, 15) is 9.59 Å². The van der Waals surface area contributed by atoms with Gasteiger partial charge in [-0.1, -0.05) is 68.1 Å². The number of nitrogens with one attached hydrogen (secondary N) is 1. The fourth-order valence-corrected chi connectivity index (χ4v) is 4.96. The van der Waals surface area contributed by atoms with Crippen LogP contribution < -0.4 is 10.9 Å². The predicted molar refractivity (Wildman–Crippen MR) is 145 cm³/mol. The minimum absolute atomic E-state index is 0.135. The van der Waals surface area contributed by atoms with Crippen molar-refractivity contribution in [1.29, 1.82) is 0 Å². The molecule has 0 bridgehead atoms. The van der Waals surface area contributed by atoms with Gasteiger partial charge in [0.2, 0.25) is 11.7 Å². The molecule has 0 saturated carbocycles. The summed E-state index contributed by atoms with van der Waals surface area (Å²) in [4.78, 5) is 26.2. The number of nitrogens with zero attached hydrogens (tertiary/aromatic N) is 4. The number of benzene rings is 3. The Labute approximate surface area is 213 Å². The maximum absolute atomic E-state index is 13.5. The maximum atomic E-state index is 13.5. The summed E-state index contributed by atoms with van der Waals surface area (Å²) in [6.07, 6.45) is 1.04. The molecule has 8 heteroatoms. The SMILES string of the molecule is CC[C@H](C)c1ccc(-n2c(=O)c3ccccc3n3c(SCC(=O)Nc4ccccc4C)nnc23)cc1. The van der Waals surface area contributed by atoms with Gasteiger partial charge in [-0.05, 0) is 60.7 Å². The van der Waals surface area contributed by atoms with Gasteiger partial charge in [0, 0.05) is 5.69 Å². The number of para-hydroxylation sites is 2. The number of hydrogen-bond acceptors (Lipinski definition) is 5. The minimum Gasteiger partial charge on any atom is -0.325 e. The first-order chi connectivity index (χ1) is 17.5. The Kier molecular flexibility index (Phi) is 6.61. The molecular formula is C28H27N5O2S. The Bertz CT molecular complexity index is 1620. The molecule has 1 amide bonds. The minimum atomic E-state index is -0.157.